The molecule has 0 radical (unpaired) electrons. The van der Waals surface area contributed by atoms with Crippen molar-refractivity contribution >= 4 is 5.91 Å². The van der Waals surface area contributed by atoms with Gasteiger partial charge in [0.2, 0.25) is 5.91 Å². The summed E-state index contributed by atoms with van der Waals surface area (Å²) in [6.45, 7) is 0.846. The van der Waals surface area contributed by atoms with Gasteiger partial charge in [-0.2, -0.15) is 0 Å². The van der Waals surface area contributed by atoms with Crippen molar-refractivity contribution < 1.29 is 14.3 Å². The van der Waals surface area contributed by atoms with Crippen LogP contribution in [0, 0.1) is 5.92 Å². The van der Waals surface area contributed by atoms with Crippen LogP contribution in [0.15, 0.2) is 30.4 Å². The second kappa shape index (κ2) is 7.07. The van der Waals surface area contributed by atoms with E-state index in [1.54, 1.807) is 14.2 Å². The standard InChI is InChI=1S/C19H25NO3/c1-22-15-10-11-16(18(13-15)23-2)17-9-6-12-20(17)19(21)14-7-4-3-5-8-14/h3-4,10-11,13-14,17H,5-9,12H2,1-2H3. The monoisotopic (exact) mass is 315 g/mol. The predicted octanol–water partition coefficient (Wildman–Crippen LogP) is 3.72. The summed E-state index contributed by atoms with van der Waals surface area (Å²) in [5.74, 6) is 2.02. The third-order valence-corrected chi connectivity index (χ3v) is 4.95. The molecule has 1 amide bonds. The topological polar surface area (TPSA) is 38.8 Å². The number of benzene rings is 1. The molecular formula is C19H25NO3. The van der Waals surface area contributed by atoms with Gasteiger partial charge in [-0.15, -0.1) is 0 Å². The molecule has 124 valence electrons. The molecule has 1 aromatic rings. The molecule has 1 aromatic carbocycles. The summed E-state index contributed by atoms with van der Waals surface area (Å²) in [6, 6.07) is 6.01. The zero-order chi connectivity index (χ0) is 16.2. The number of carbonyl (C=O) groups excluding carboxylic acids is 1. The first-order valence-corrected chi connectivity index (χ1v) is 8.42. The van der Waals surface area contributed by atoms with E-state index in [0.29, 0.717) is 5.91 Å². The van der Waals surface area contributed by atoms with Crippen molar-refractivity contribution in [2.24, 2.45) is 5.92 Å². The number of allylic oxidation sites excluding steroid dienone is 2. The van der Waals surface area contributed by atoms with E-state index in [2.05, 4.69) is 17.1 Å². The molecule has 0 N–H and O–H groups in total. The fourth-order valence-electron chi connectivity index (χ4n) is 3.70. The Morgan fingerprint density at radius 1 is 1.17 bits per heavy atom. The van der Waals surface area contributed by atoms with E-state index in [0.717, 1.165) is 55.7 Å². The van der Waals surface area contributed by atoms with E-state index in [1.807, 2.05) is 18.2 Å². The molecule has 0 saturated carbocycles. The molecule has 1 saturated heterocycles. The molecule has 1 heterocycles. The first-order chi connectivity index (χ1) is 11.2. The third kappa shape index (κ3) is 3.21. The first kappa shape index (κ1) is 15.9. The lowest BCUT2D eigenvalue weighted by Crippen LogP contribution is -2.36. The minimum atomic E-state index is 0.120. The van der Waals surface area contributed by atoms with Crippen molar-refractivity contribution in [3.05, 3.63) is 35.9 Å². The second-order valence-electron chi connectivity index (χ2n) is 6.28. The van der Waals surface area contributed by atoms with Crippen LogP contribution in [-0.2, 0) is 4.79 Å². The van der Waals surface area contributed by atoms with Crippen LogP contribution in [0.5, 0.6) is 11.5 Å². The van der Waals surface area contributed by atoms with E-state index < -0.39 is 0 Å². The average Bonchev–Trinajstić information content (AvgIpc) is 3.10. The Morgan fingerprint density at radius 3 is 2.74 bits per heavy atom. The van der Waals surface area contributed by atoms with Crippen LogP contribution in [0.4, 0.5) is 0 Å². The summed E-state index contributed by atoms with van der Waals surface area (Å²) in [6.07, 6.45) is 9.23. The molecule has 0 aromatic heterocycles. The molecule has 2 unspecified atom stereocenters. The number of amides is 1. The highest BCUT2D eigenvalue weighted by Gasteiger charge is 2.35. The van der Waals surface area contributed by atoms with Crippen molar-refractivity contribution in [3.63, 3.8) is 0 Å². The van der Waals surface area contributed by atoms with Crippen molar-refractivity contribution in [1.82, 2.24) is 4.90 Å². The Balaban J connectivity index is 1.83. The van der Waals surface area contributed by atoms with Gasteiger partial charge >= 0.3 is 0 Å². The number of carbonyl (C=O) groups is 1. The lowest BCUT2D eigenvalue weighted by Gasteiger charge is -2.30. The van der Waals surface area contributed by atoms with Crippen LogP contribution < -0.4 is 9.47 Å². The normalized spacial score (nSPS) is 23.8. The highest BCUT2D eigenvalue weighted by molar-refractivity contribution is 5.80. The maximum atomic E-state index is 12.9. The van der Waals surface area contributed by atoms with Crippen LogP contribution in [-0.4, -0.2) is 31.6 Å². The van der Waals surface area contributed by atoms with Gasteiger partial charge in [0, 0.05) is 24.1 Å². The van der Waals surface area contributed by atoms with E-state index in [1.165, 1.54) is 0 Å². The Kier molecular flexibility index (Phi) is 4.89. The molecule has 2 aliphatic rings. The molecule has 0 spiro atoms. The van der Waals surface area contributed by atoms with E-state index in [9.17, 15) is 4.79 Å². The number of hydrogen-bond donors (Lipinski definition) is 0. The summed E-state index contributed by atoms with van der Waals surface area (Å²) < 4.78 is 10.8. The Labute approximate surface area is 138 Å². The molecule has 1 fully saturated rings. The molecule has 1 aliphatic carbocycles. The minimum Gasteiger partial charge on any atom is -0.497 e. The highest BCUT2D eigenvalue weighted by Crippen LogP contribution is 2.40. The lowest BCUT2D eigenvalue weighted by atomic mass is 9.92. The van der Waals surface area contributed by atoms with Crippen LogP contribution >= 0.6 is 0 Å². The number of ether oxygens (including phenoxy) is 2. The summed E-state index contributed by atoms with van der Waals surface area (Å²) >= 11 is 0. The number of methoxy groups -OCH3 is 2. The minimum absolute atomic E-state index is 0.120. The fourth-order valence-corrected chi connectivity index (χ4v) is 3.70. The van der Waals surface area contributed by atoms with E-state index in [-0.39, 0.29) is 12.0 Å². The van der Waals surface area contributed by atoms with Crippen molar-refractivity contribution in [3.8, 4) is 11.5 Å². The molecule has 3 rings (SSSR count). The molecule has 1 aliphatic heterocycles. The Bertz CT molecular complexity index is 596. The third-order valence-electron chi connectivity index (χ3n) is 4.95. The number of rotatable bonds is 4. The number of nitrogens with zero attached hydrogens (tertiary/aromatic N) is 1. The zero-order valence-corrected chi connectivity index (χ0v) is 14.0. The molecule has 0 bridgehead atoms. The van der Waals surface area contributed by atoms with Crippen molar-refractivity contribution in [1.29, 1.82) is 0 Å². The van der Waals surface area contributed by atoms with Crippen molar-refractivity contribution in [2.45, 2.75) is 38.1 Å². The summed E-state index contributed by atoms with van der Waals surface area (Å²) in [7, 11) is 3.32. The Morgan fingerprint density at radius 2 is 2.04 bits per heavy atom. The lowest BCUT2D eigenvalue weighted by molar-refractivity contribution is -0.136. The van der Waals surface area contributed by atoms with Gasteiger partial charge in [-0.05, 0) is 44.2 Å². The molecule has 2 atom stereocenters. The van der Waals surface area contributed by atoms with E-state index >= 15 is 0 Å². The van der Waals surface area contributed by atoms with Crippen LogP contribution in [0.2, 0.25) is 0 Å². The van der Waals surface area contributed by atoms with Gasteiger partial charge in [0.1, 0.15) is 11.5 Å². The van der Waals surface area contributed by atoms with Gasteiger partial charge in [-0.25, -0.2) is 0 Å². The number of hydrogen-bond acceptors (Lipinski definition) is 3. The number of likely N-dealkylation sites (tertiary alicyclic amines) is 1. The van der Waals surface area contributed by atoms with Gasteiger partial charge in [-0.3, -0.25) is 4.79 Å². The summed E-state index contributed by atoms with van der Waals surface area (Å²) in [5, 5.41) is 0. The second-order valence-corrected chi connectivity index (χ2v) is 6.28. The fraction of sp³-hybridized carbons (Fsp3) is 0.526. The highest BCUT2D eigenvalue weighted by atomic mass is 16.5. The maximum absolute atomic E-state index is 12.9. The molecular weight excluding hydrogens is 290 g/mol. The summed E-state index contributed by atoms with van der Waals surface area (Å²) in [4.78, 5) is 15.0. The quantitative estimate of drug-likeness (QED) is 0.795. The largest absolute Gasteiger partial charge is 0.497 e. The van der Waals surface area contributed by atoms with Gasteiger partial charge in [0.25, 0.3) is 0 Å². The van der Waals surface area contributed by atoms with Crippen LogP contribution in [0.3, 0.4) is 0 Å². The summed E-state index contributed by atoms with van der Waals surface area (Å²) in [5.41, 5.74) is 1.09. The van der Waals surface area contributed by atoms with Gasteiger partial charge in [0.15, 0.2) is 0 Å². The van der Waals surface area contributed by atoms with Crippen LogP contribution in [0.1, 0.15) is 43.7 Å². The van der Waals surface area contributed by atoms with Gasteiger partial charge in [-0.1, -0.05) is 12.2 Å². The van der Waals surface area contributed by atoms with Gasteiger partial charge < -0.3 is 14.4 Å². The van der Waals surface area contributed by atoms with Gasteiger partial charge in [0.05, 0.1) is 20.3 Å². The van der Waals surface area contributed by atoms with E-state index in [4.69, 9.17) is 9.47 Å². The first-order valence-electron chi connectivity index (χ1n) is 8.42. The SMILES string of the molecule is COc1ccc(C2CCCN2C(=O)C2CC=CCC2)c(OC)c1. The van der Waals surface area contributed by atoms with Crippen LogP contribution in [0.25, 0.3) is 0 Å². The smallest absolute Gasteiger partial charge is 0.226 e. The molecule has 4 heteroatoms. The maximum Gasteiger partial charge on any atom is 0.226 e. The average molecular weight is 315 g/mol. The molecule has 4 nitrogen and oxygen atoms in total. The van der Waals surface area contributed by atoms with Crippen molar-refractivity contribution in [2.75, 3.05) is 20.8 Å². The Hall–Kier alpha value is -1.97. The predicted molar refractivity (Wildman–Crippen MR) is 89.7 cm³/mol. The zero-order valence-electron chi connectivity index (χ0n) is 14.0. The molecule has 23 heavy (non-hydrogen) atoms.